The Bertz CT molecular complexity index is 254. The average Bonchev–Trinajstić information content (AvgIpc) is 2.28. The van der Waals surface area contributed by atoms with Gasteiger partial charge in [-0.05, 0) is 31.1 Å². The van der Waals surface area contributed by atoms with E-state index in [1.807, 2.05) is 4.90 Å². The van der Waals surface area contributed by atoms with Gasteiger partial charge in [0.1, 0.15) is 0 Å². The zero-order chi connectivity index (χ0) is 12.3. The Balaban J connectivity index is 1.80. The van der Waals surface area contributed by atoms with Gasteiger partial charge in [-0.15, -0.1) is 0 Å². The van der Waals surface area contributed by atoms with Gasteiger partial charge in [0.05, 0.1) is 13.2 Å². The first kappa shape index (κ1) is 12.7. The second-order valence-electron chi connectivity index (χ2n) is 5.66. The molecule has 98 valence electrons. The molecule has 4 heteroatoms. The molecule has 1 aliphatic carbocycles. The summed E-state index contributed by atoms with van der Waals surface area (Å²) in [5.74, 6) is 1.46. The van der Waals surface area contributed by atoms with E-state index >= 15 is 0 Å². The molecule has 0 aromatic heterocycles. The van der Waals surface area contributed by atoms with E-state index in [0.29, 0.717) is 19.3 Å². The lowest BCUT2D eigenvalue weighted by Crippen LogP contribution is -2.50. The third-order valence-corrected chi connectivity index (χ3v) is 3.80. The first-order valence-electron chi connectivity index (χ1n) is 6.78. The van der Waals surface area contributed by atoms with Gasteiger partial charge in [-0.25, -0.2) is 4.79 Å². The van der Waals surface area contributed by atoms with E-state index in [4.69, 9.17) is 4.74 Å². The summed E-state index contributed by atoms with van der Waals surface area (Å²) < 4.78 is 5.25. The van der Waals surface area contributed by atoms with Crippen LogP contribution in [0, 0.1) is 11.8 Å². The maximum atomic E-state index is 12.0. The number of nitrogens with one attached hydrogen (secondary N) is 1. The van der Waals surface area contributed by atoms with Gasteiger partial charge in [0.15, 0.2) is 0 Å². The monoisotopic (exact) mass is 240 g/mol. The van der Waals surface area contributed by atoms with E-state index in [1.54, 1.807) is 0 Å². The summed E-state index contributed by atoms with van der Waals surface area (Å²) in [6.07, 6.45) is 3.55. The summed E-state index contributed by atoms with van der Waals surface area (Å²) in [6, 6.07) is 0.462. The van der Waals surface area contributed by atoms with Crippen molar-refractivity contribution in [3.63, 3.8) is 0 Å². The van der Waals surface area contributed by atoms with Gasteiger partial charge < -0.3 is 15.0 Å². The highest BCUT2D eigenvalue weighted by Gasteiger charge is 2.26. The SMILES string of the molecule is CC1CC(C)CC(NC(=O)N2CCOCC2)C1. The van der Waals surface area contributed by atoms with Crippen molar-refractivity contribution in [3.8, 4) is 0 Å². The lowest BCUT2D eigenvalue weighted by Gasteiger charge is -2.34. The summed E-state index contributed by atoms with van der Waals surface area (Å²) in [4.78, 5) is 13.9. The molecule has 0 radical (unpaired) electrons. The average molecular weight is 240 g/mol. The Hall–Kier alpha value is -0.770. The van der Waals surface area contributed by atoms with Gasteiger partial charge >= 0.3 is 6.03 Å². The Morgan fingerprint density at radius 2 is 1.71 bits per heavy atom. The predicted octanol–water partition coefficient (Wildman–Crippen LogP) is 1.85. The number of amides is 2. The largest absolute Gasteiger partial charge is 0.378 e. The van der Waals surface area contributed by atoms with Gasteiger partial charge in [0, 0.05) is 19.1 Å². The Labute approximate surface area is 104 Å². The van der Waals surface area contributed by atoms with Gasteiger partial charge in [0.2, 0.25) is 0 Å². The third kappa shape index (κ3) is 3.60. The number of carbonyl (C=O) groups excluding carboxylic acids is 1. The number of carbonyl (C=O) groups is 1. The van der Waals surface area contributed by atoms with E-state index in [-0.39, 0.29) is 6.03 Å². The van der Waals surface area contributed by atoms with Crippen molar-refractivity contribution in [2.24, 2.45) is 11.8 Å². The molecule has 1 saturated carbocycles. The molecular weight excluding hydrogens is 216 g/mol. The van der Waals surface area contributed by atoms with Crippen molar-refractivity contribution in [1.29, 1.82) is 0 Å². The molecule has 1 N–H and O–H groups in total. The summed E-state index contributed by atoms with van der Waals surface area (Å²) in [7, 11) is 0. The summed E-state index contributed by atoms with van der Waals surface area (Å²) >= 11 is 0. The molecule has 2 rings (SSSR count). The Kier molecular flexibility index (Phi) is 4.26. The fourth-order valence-corrected chi connectivity index (χ4v) is 3.10. The summed E-state index contributed by atoms with van der Waals surface area (Å²) in [6.45, 7) is 7.36. The molecule has 0 spiro atoms. The third-order valence-electron chi connectivity index (χ3n) is 3.80. The molecule has 2 amide bonds. The van der Waals surface area contributed by atoms with E-state index in [0.717, 1.165) is 37.8 Å². The molecule has 2 unspecified atom stereocenters. The Morgan fingerprint density at radius 3 is 2.29 bits per heavy atom. The second-order valence-corrected chi connectivity index (χ2v) is 5.66. The van der Waals surface area contributed by atoms with Crippen molar-refractivity contribution in [3.05, 3.63) is 0 Å². The molecule has 0 bridgehead atoms. The number of rotatable bonds is 1. The van der Waals surface area contributed by atoms with Crippen LogP contribution in [0.5, 0.6) is 0 Å². The molecule has 0 aromatic rings. The van der Waals surface area contributed by atoms with Crippen LogP contribution >= 0.6 is 0 Å². The number of nitrogens with zero attached hydrogens (tertiary/aromatic N) is 1. The van der Waals surface area contributed by atoms with Crippen LogP contribution in [-0.4, -0.2) is 43.3 Å². The molecule has 1 aliphatic heterocycles. The smallest absolute Gasteiger partial charge is 0.317 e. The van der Waals surface area contributed by atoms with E-state index < -0.39 is 0 Å². The van der Waals surface area contributed by atoms with Crippen LogP contribution in [0.1, 0.15) is 33.1 Å². The molecule has 1 saturated heterocycles. The van der Waals surface area contributed by atoms with Crippen molar-refractivity contribution in [2.75, 3.05) is 26.3 Å². The molecular formula is C13H24N2O2. The highest BCUT2D eigenvalue weighted by Crippen LogP contribution is 2.28. The van der Waals surface area contributed by atoms with Gasteiger partial charge in [-0.2, -0.15) is 0 Å². The second kappa shape index (κ2) is 5.71. The van der Waals surface area contributed by atoms with E-state index in [2.05, 4.69) is 19.2 Å². The summed E-state index contributed by atoms with van der Waals surface area (Å²) in [5, 5.41) is 3.18. The zero-order valence-corrected chi connectivity index (χ0v) is 10.9. The van der Waals surface area contributed by atoms with Crippen molar-refractivity contribution >= 4 is 6.03 Å². The summed E-state index contributed by atoms with van der Waals surface area (Å²) in [5.41, 5.74) is 0. The highest BCUT2D eigenvalue weighted by atomic mass is 16.5. The normalized spacial score (nSPS) is 34.5. The molecule has 2 fully saturated rings. The minimum Gasteiger partial charge on any atom is -0.378 e. The standard InChI is InChI=1S/C13H24N2O2/c1-10-7-11(2)9-12(8-10)14-13(16)15-3-5-17-6-4-15/h10-12H,3-9H2,1-2H3,(H,14,16). The number of urea groups is 1. The van der Waals surface area contributed by atoms with E-state index in [9.17, 15) is 4.79 Å². The van der Waals surface area contributed by atoms with E-state index in [1.165, 1.54) is 6.42 Å². The number of hydrogen-bond donors (Lipinski definition) is 1. The fraction of sp³-hybridized carbons (Fsp3) is 0.923. The van der Waals surface area contributed by atoms with Crippen LogP contribution in [0.4, 0.5) is 4.79 Å². The lowest BCUT2D eigenvalue weighted by atomic mass is 9.80. The Morgan fingerprint density at radius 1 is 1.12 bits per heavy atom. The number of morpholine rings is 1. The molecule has 17 heavy (non-hydrogen) atoms. The van der Waals surface area contributed by atoms with Crippen LogP contribution in [0.25, 0.3) is 0 Å². The maximum absolute atomic E-state index is 12.0. The molecule has 2 atom stereocenters. The highest BCUT2D eigenvalue weighted by molar-refractivity contribution is 5.74. The molecule has 4 nitrogen and oxygen atoms in total. The van der Waals surface area contributed by atoms with Crippen LogP contribution in [0.2, 0.25) is 0 Å². The lowest BCUT2D eigenvalue weighted by molar-refractivity contribution is 0.0515. The minimum atomic E-state index is 0.0969. The van der Waals surface area contributed by atoms with Crippen molar-refractivity contribution in [2.45, 2.75) is 39.2 Å². The van der Waals surface area contributed by atoms with Crippen LogP contribution in [0.3, 0.4) is 0 Å². The van der Waals surface area contributed by atoms with Crippen molar-refractivity contribution < 1.29 is 9.53 Å². The maximum Gasteiger partial charge on any atom is 0.317 e. The number of ether oxygens (including phenoxy) is 1. The molecule has 1 heterocycles. The first-order valence-corrected chi connectivity index (χ1v) is 6.78. The van der Waals surface area contributed by atoms with Crippen LogP contribution in [-0.2, 0) is 4.74 Å². The minimum absolute atomic E-state index is 0.0969. The van der Waals surface area contributed by atoms with Crippen LogP contribution in [0.15, 0.2) is 0 Å². The van der Waals surface area contributed by atoms with Gasteiger partial charge in [-0.3, -0.25) is 0 Å². The van der Waals surface area contributed by atoms with Gasteiger partial charge in [0.25, 0.3) is 0 Å². The van der Waals surface area contributed by atoms with Gasteiger partial charge in [-0.1, -0.05) is 13.8 Å². The number of hydrogen-bond acceptors (Lipinski definition) is 2. The zero-order valence-electron chi connectivity index (χ0n) is 10.9. The topological polar surface area (TPSA) is 41.6 Å². The molecule has 2 aliphatic rings. The van der Waals surface area contributed by atoms with Crippen molar-refractivity contribution in [1.82, 2.24) is 10.2 Å². The van der Waals surface area contributed by atoms with Crippen LogP contribution < -0.4 is 5.32 Å². The first-order chi connectivity index (χ1) is 8.15. The molecule has 0 aromatic carbocycles. The fourth-order valence-electron chi connectivity index (χ4n) is 3.10. The predicted molar refractivity (Wildman–Crippen MR) is 66.9 cm³/mol. The quantitative estimate of drug-likeness (QED) is 0.760.